The van der Waals surface area contributed by atoms with Gasteiger partial charge in [0.1, 0.15) is 0 Å². The number of anilines is 1. The molecule has 2 aromatic carbocycles. The quantitative estimate of drug-likeness (QED) is 0.858. The Morgan fingerprint density at radius 2 is 1.90 bits per heavy atom. The van der Waals surface area contributed by atoms with Crippen LogP contribution in [0.2, 0.25) is 0 Å². The zero-order valence-corrected chi connectivity index (χ0v) is 12.3. The third-order valence-electron chi connectivity index (χ3n) is 3.26. The molecule has 0 aliphatic heterocycles. The van der Waals surface area contributed by atoms with Gasteiger partial charge < -0.3 is 10.6 Å². The Bertz CT molecular complexity index is 696. The summed E-state index contributed by atoms with van der Waals surface area (Å²) >= 11 is 0. The van der Waals surface area contributed by atoms with E-state index in [1.54, 1.807) is 11.9 Å². The van der Waals surface area contributed by atoms with Gasteiger partial charge in [-0.15, -0.1) is 0 Å². The lowest BCUT2D eigenvalue weighted by molar-refractivity contribution is 0.0993. The van der Waals surface area contributed by atoms with E-state index in [9.17, 15) is 4.79 Å². The molecule has 2 aromatic rings. The van der Waals surface area contributed by atoms with Crippen LogP contribution in [0, 0.1) is 18.8 Å². The molecule has 0 aliphatic carbocycles. The number of amides is 1. The number of nitrogens with zero attached hydrogens (tertiary/aromatic N) is 1. The molecular weight excluding hydrogens is 260 g/mol. The van der Waals surface area contributed by atoms with Gasteiger partial charge in [0.25, 0.3) is 5.91 Å². The van der Waals surface area contributed by atoms with Crippen molar-refractivity contribution < 1.29 is 4.79 Å². The van der Waals surface area contributed by atoms with Crippen molar-refractivity contribution in [2.75, 3.05) is 18.5 Å². The Hall–Kier alpha value is -2.57. The zero-order valence-electron chi connectivity index (χ0n) is 12.3. The molecule has 0 aromatic heterocycles. The first-order valence-electron chi connectivity index (χ1n) is 6.76. The number of hydrogen-bond donors (Lipinski definition) is 1. The normalized spacial score (nSPS) is 9.67. The first-order chi connectivity index (χ1) is 10.1. The number of nitrogens with two attached hydrogens (primary N) is 1. The number of rotatable bonds is 2. The molecule has 3 nitrogen and oxygen atoms in total. The van der Waals surface area contributed by atoms with Gasteiger partial charge in [0.05, 0.1) is 6.54 Å². The SMILES string of the molecule is Cc1ccc(C(=O)N(C)c2ccccc2)cc1C#CCN. The molecule has 0 aliphatic rings. The van der Waals surface area contributed by atoms with E-state index in [2.05, 4.69) is 11.8 Å². The third kappa shape index (κ3) is 3.50. The summed E-state index contributed by atoms with van der Waals surface area (Å²) in [6.45, 7) is 2.28. The number of carbonyl (C=O) groups is 1. The summed E-state index contributed by atoms with van der Waals surface area (Å²) in [6, 6.07) is 15.1. The highest BCUT2D eigenvalue weighted by Gasteiger charge is 2.13. The van der Waals surface area contributed by atoms with E-state index in [-0.39, 0.29) is 5.91 Å². The predicted molar refractivity (Wildman–Crippen MR) is 86.3 cm³/mol. The van der Waals surface area contributed by atoms with Crippen LogP contribution >= 0.6 is 0 Å². The fraction of sp³-hybridized carbons (Fsp3) is 0.167. The fourth-order valence-corrected chi connectivity index (χ4v) is 2.00. The first kappa shape index (κ1) is 14.8. The van der Waals surface area contributed by atoms with Crippen molar-refractivity contribution in [1.82, 2.24) is 0 Å². The van der Waals surface area contributed by atoms with Crippen LogP contribution in [0.5, 0.6) is 0 Å². The van der Waals surface area contributed by atoms with Gasteiger partial charge in [0.15, 0.2) is 0 Å². The first-order valence-corrected chi connectivity index (χ1v) is 6.76. The van der Waals surface area contributed by atoms with Crippen molar-refractivity contribution >= 4 is 11.6 Å². The van der Waals surface area contributed by atoms with E-state index < -0.39 is 0 Å². The second kappa shape index (κ2) is 6.74. The summed E-state index contributed by atoms with van der Waals surface area (Å²) < 4.78 is 0. The molecular formula is C18H18N2O. The molecule has 0 atom stereocenters. The molecule has 0 saturated carbocycles. The summed E-state index contributed by atoms with van der Waals surface area (Å²) in [5.74, 6) is 5.77. The minimum absolute atomic E-state index is 0.0583. The third-order valence-corrected chi connectivity index (χ3v) is 3.26. The lowest BCUT2D eigenvalue weighted by Crippen LogP contribution is -2.26. The molecule has 0 fully saturated rings. The number of hydrogen-bond acceptors (Lipinski definition) is 2. The van der Waals surface area contributed by atoms with Gasteiger partial charge in [-0.25, -0.2) is 0 Å². The van der Waals surface area contributed by atoms with Gasteiger partial charge in [-0.1, -0.05) is 36.1 Å². The van der Waals surface area contributed by atoms with E-state index in [1.165, 1.54) is 0 Å². The number of aryl methyl sites for hydroxylation is 1. The summed E-state index contributed by atoms with van der Waals surface area (Å²) in [5.41, 5.74) is 8.75. The number of carbonyl (C=O) groups excluding carboxylic acids is 1. The Labute approximate surface area is 125 Å². The summed E-state index contributed by atoms with van der Waals surface area (Å²) in [4.78, 5) is 14.2. The van der Waals surface area contributed by atoms with Crippen molar-refractivity contribution in [3.05, 3.63) is 65.2 Å². The van der Waals surface area contributed by atoms with Gasteiger partial charge in [0, 0.05) is 23.9 Å². The van der Waals surface area contributed by atoms with E-state index in [4.69, 9.17) is 5.73 Å². The molecule has 1 amide bonds. The molecule has 0 spiro atoms. The minimum atomic E-state index is -0.0583. The standard InChI is InChI=1S/C18H18N2O/c1-14-10-11-16(13-15(14)7-6-12-19)18(21)20(2)17-8-4-3-5-9-17/h3-5,8-11,13H,12,19H2,1-2H3. The summed E-state index contributed by atoms with van der Waals surface area (Å²) in [5, 5.41) is 0. The second-order valence-corrected chi connectivity index (χ2v) is 4.74. The van der Waals surface area contributed by atoms with Crippen molar-refractivity contribution in [3.8, 4) is 11.8 Å². The Balaban J connectivity index is 2.31. The topological polar surface area (TPSA) is 46.3 Å². The van der Waals surface area contributed by atoms with Gasteiger partial charge in [-0.2, -0.15) is 0 Å². The van der Waals surface area contributed by atoms with Crippen LogP contribution in [0.3, 0.4) is 0 Å². The minimum Gasteiger partial charge on any atom is -0.320 e. The maximum absolute atomic E-state index is 12.5. The van der Waals surface area contributed by atoms with Crippen molar-refractivity contribution in [3.63, 3.8) is 0 Å². The summed E-state index contributed by atoms with van der Waals surface area (Å²) in [6.07, 6.45) is 0. The van der Waals surface area contributed by atoms with Gasteiger partial charge in [0.2, 0.25) is 0 Å². The van der Waals surface area contributed by atoms with Gasteiger partial charge >= 0.3 is 0 Å². The maximum atomic E-state index is 12.5. The van der Waals surface area contributed by atoms with Crippen LogP contribution in [0.1, 0.15) is 21.5 Å². The van der Waals surface area contributed by atoms with Crippen molar-refractivity contribution in [2.45, 2.75) is 6.92 Å². The van der Waals surface area contributed by atoms with E-state index >= 15 is 0 Å². The fourth-order valence-electron chi connectivity index (χ4n) is 2.00. The maximum Gasteiger partial charge on any atom is 0.258 e. The average molecular weight is 278 g/mol. The van der Waals surface area contributed by atoms with Crippen LogP contribution in [0.4, 0.5) is 5.69 Å². The molecule has 106 valence electrons. The largest absolute Gasteiger partial charge is 0.320 e. The molecule has 0 radical (unpaired) electrons. The predicted octanol–water partition coefficient (Wildman–Crippen LogP) is 2.58. The van der Waals surface area contributed by atoms with Crippen molar-refractivity contribution in [1.29, 1.82) is 0 Å². The second-order valence-electron chi connectivity index (χ2n) is 4.74. The van der Waals surface area contributed by atoms with E-state index in [0.717, 1.165) is 16.8 Å². The number of para-hydroxylation sites is 1. The Morgan fingerprint density at radius 1 is 1.19 bits per heavy atom. The van der Waals surface area contributed by atoms with Crippen molar-refractivity contribution in [2.24, 2.45) is 5.73 Å². The molecule has 21 heavy (non-hydrogen) atoms. The lowest BCUT2D eigenvalue weighted by atomic mass is 10.0. The monoisotopic (exact) mass is 278 g/mol. The van der Waals surface area contributed by atoms with Gasteiger partial charge in [-0.3, -0.25) is 4.79 Å². The van der Waals surface area contributed by atoms with Crippen LogP contribution in [0.25, 0.3) is 0 Å². The molecule has 0 unspecified atom stereocenters. The van der Waals surface area contributed by atoms with Crippen LogP contribution in [-0.4, -0.2) is 19.5 Å². The Morgan fingerprint density at radius 3 is 2.57 bits per heavy atom. The van der Waals surface area contributed by atoms with Crippen LogP contribution < -0.4 is 10.6 Å². The molecule has 0 saturated heterocycles. The van der Waals surface area contributed by atoms with Crippen LogP contribution in [-0.2, 0) is 0 Å². The van der Waals surface area contributed by atoms with Gasteiger partial charge in [-0.05, 0) is 36.8 Å². The zero-order chi connectivity index (χ0) is 15.2. The average Bonchev–Trinajstić information content (AvgIpc) is 2.53. The Kier molecular flexibility index (Phi) is 4.76. The van der Waals surface area contributed by atoms with E-state index in [0.29, 0.717) is 12.1 Å². The highest BCUT2D eigenvalue weighted by Crippen LogP contribution is 2.17. The van der Waals surface area contributed by atoms with E-state index in [1.807, 2.05) is 55.5 Å². The smallest absolute Gasteiger partial charge is 0.258 e. The molecule has 2 rings (SSSR count). The molecule has 2 N–H and O–H groups in total. The van der Waals surface area contributed by atoms with Crippen LogP contribution in [0.15, 0.2) is 48.5 Å². The number of benzene rings is 2. The lowest BCUT2D eigenvalue weighted by Gasteiger charge is -2.17. The molecule has 3 heteroatoms. The molecule has 0 bridgehead atoms. The molecule has 0 heterocycles. The highest BCUT2D eigenvalue weighted by molar-refractivity contribution is 6.05. The summed E-state index contributed by atoms with van der Waals surface area (Å²) in [7, 11) is 1.77. The highest BCUT2D eigenvalue weighted by atomic mass is 16.2.